The molecule has 3 heterocycles. The number of aromatic nitrogens is 1. The van der Waals surface area contributed by atoms with Gasteiger partial charge in [0, 0.05) is 31.7 Å². The first-order valence-corrected chi connectivity index (χ1v) is 6.38. The number of anilines is 1. The number of hydrogen-bond donors (Lipinski definition) is 1. The van der Waals surface area contributed by atoms with Crippen molar-refractivity contribution in [2.24, 2.45) is 0 Å². The number of hydrogen-bond acceptors (Lipinski definition) is 3. The molecule has 0 unspecified atom stereocenters. The van der Waals surface area contributed by atoms with E-state index in [0.717, 1.165) is 25.9 Å². The van der Waals surface area contributed by atoms with E-state index in [4.69, 9.17) is 4.98 Å². The van der Waals surface area contributed by atoms with Crippen molar-refractivity contribution in [3.63, 3.8) is 0 Å². The topological polar surface area (TPSA) is 28.2 Å². The molecule has 0 aromatic carbocycles. The van der Waals surface area contributed by atoms with Gasteiger partial charge in [0.1, 0.15) is 5.82 Å². The predicted octanol–water partition coefficient (Wildman–Crippen LogP) is 1.37. The van der Waals surface area contributed by atoms with E-state index < -0.39 is 0 Å². The summed E-state index contributed by atoms with van der Waals surface area (Å²) >= 11 is 0. The minimum Gasteiger partial charge on any atom is -0.357 e. The molecule has 1 saturated heterocycles. The van der Waals surface area contributed by atoms with Crippen LogP contribution in [0.25, 0.3) is 0 Å². The highest BCUT2D eigenvalue weighted by molar-refractivity contribution is 5.43. The third-order valence-corrected chi connectivity index (χ3v) is 3.59. The molecule has 0 radical (unpaired) electrons. The molecule has 2 aliphatic rings. The first kappa shape index (κ1) is 10.1. The molecule has 16 heavy (non-hydrogen) atoms. The number of rotatable bonds is 1. The maximum absolute atomic E-state index is 4.84. The van der Waals surface area contributed by atoms with Gasteiger partial charge in [-0.15, -0.1) is 0 Å². The smallest absolute Gasteiger partial charge is 0.128 e. The van der Waals surface area contributed by atoms with E-state index in [-0.39, 0.29) is 0 Å². The van der Waals surface area contributed by atoms with Crippen LogP contribution in [0, 0.1) is 0 Å². The second-order valence-corrected chi connectivity index (χ2v) is 4.72. The SMILES string of the molecule is c1cc2c(nc1N1CCCC1)CCNCC2. The highest BCUT2D eigenvalue weighted by atomic mass is 15.2. The van der Waals surface area contributed by atoms with Crippen molar-refractivity contribution in [3.8, 4) is 0 Å². The quantitative estimate of drug-likeness (QED) is 0.770. The van der Waals surface area contributed by atoms with Gasteiger partial charge in [-0.1, -0.05) is 6.07 Å². The van der Waals surface area contributed by atoms with E-state index in [1.807, 2.05) is 0 Å². The highest BCUT2D eigenvalue weighted by Gasteiger charge is 2.16. The number of fused-ring (bicyclic) bond motifs is 1. The van der Waals surface area contributed by atoms with Gasteiger partial charge in [-0.3, -0.25) is 0 Å². The van der Waals surface area contributed by atoms with Gasteiger partial charge in [0.05, 0.1) is 0 Å². The molecule has 3 heteroatoms. The predicted molar refractivity (Wildman–Crippen MR) is 66.0 cm³/mol. The summed E-state index contributed by atoms with van der Waals surface area (Å²) in [5.74, 6) is 1.19. The lowest BCUT2D eigenvalue weighted by atomic mass is 10.1. The molecule has 0 amide bonds. The standard InChI is InChI=1S/C13H19N3/c1-2-10-16(9-1)13-4-3-11-5-7-14-8-6-12(11)15-13/h3-4,14H,1-2,5-10H2. The molecule has 1 fully saturated rings. The summed E-state index contributed by atoms with van der Waals surface area (Å²) in [4.78, 5) is 7.26. The van der Waals surface area contributed by atoms with Gasteiger partial charge in [0.2, 0.25) is 0 Å². The number of nitrogens with zero attached hydrogens (tertiary/aromatic N) is 2. The van der Waals surface area contributed by atoms with Gasteiger partial charge in [0.15, 0.2) is 0 Å². The molecular weight excluding hydrogens is 198 g/mol. The molecular formula is C13H19N3. The summed E-state index contributed by atoms with van der Waals surface area (Å²) in [6.07, 6.45) is 4.85. The molecule has 1 N–H and O–H groups in total. The third kappa shape index (κ3) is 1.92. The van der Waals surface area contributed by atoms with Crippen molar-refractivity contribution in [1.29, 1.82) is 0 Å². The zero-order valence-corrected chi connectivity index (χ0v) is 9.71. The normalized spacial score (nSPS) is 20.6. The van der Waals surface area contributed by atoms with Crippen LogP contribution in [0.3, 0.4) is 0 Å². The fourth-order valence-electron chi connectivity index (χ4n) is 2.64. The van der Waals surface area contributed by atoms with Gasteiger partial charge in [-0.05, 0) is 37.4 Å². The molecule has 0 atom stereocenters. The van der Waals surface area contributed by atoms with Crippen LogP contribution in [0.5, 0.6) is 0 Å². The summed E-state index contributed by atoms with van der Waals surface area (Å²) in [5.41, 5.74) is 2.75. The number of nitrogens with one attached hydrogen (secondary N) is 1. The highest BCUT2D eigenvalue weighted by Crippen LogP contribution is 2.21. The number of pyridine rings is 1. The average molecular weight is 217 g/mol. The van der Waals surface area contributed by atoms with Crippen LogP contribution < -0.4 is 10.2 Å². The Morgan fingerprint density at radius 3 is 2.75 bits per heavy atom. The fraction of sp³-hybridized carbons (Fsp3) is 0.615. The molecule has 0 saturated carbocycles. The largest absolute Gasteiger partial charge is 0.357 e. The molecule has 2 aliphatic heterocycles. The molecule has 3 rings (SSSR count). The third-order valence-electron chi connectivity index (χ3n) is 3.59. The van der Waals surface area contributed by atoms with Crippen LogP contribution in [0.2, 0.25) is 0 Å². The van der Waals surface area contributed by atoms with Gasteiger partial charge in [0.25, 0.3) is 0 Å². The Morgan fingerprint density at radius 2 is 1.88 bits per heavy atom. The Kier molecular flexibility index (Phi) is 2.79. The van der Waals surface area contributed by atoms with Crippen molar-refractivity contribution in [3.05, 3.63) is 23.4 Å². The van der Waals surface area contributed by atoms with Crippen LogP contribution >= 0.6 is 0 Å². The van der Waals surface area contributed by atoms with Gasteiger partial charge < -0.3 is 10.2 Å². The lowest BCUT2D eigenvalue weighted by molar-refractivity contribution is 0.708. The van der Waals surface area contributed by atoms with Crippen LogP contribution in [0.4, 0.5) is 5.82 Å². The Hall–Kier alpha value is -1.09. The summed E-state index contributed by atoms with van der Waals surface area (Å²) in [7, 11) is 0. The van der Waals surface area contributed by atoms with Crippen molar-refractivity contribution in [2.75, 3.05) is 31.1 Å². The van der Waals surface area contributed by atoms with E-state index >= 15 is 0 Å². The summed E-state index contributed by atoms with van der Waals surface area (Å²) in [6, 6.07) is 4.48. The van der Waals surface area contributed by atoms with E-state index in [1.165, 1.54) is 43.0 Å². The molecule has 0 aliphatic carbocycles. The Labute approximate surface area is 96.9 Å². The van der Waals surface area contributed by atoms with Gasteiger partial charge >= 0.3 is 0 Å². The lowest BCUT2D eigenvalue weighted by Crippen LogP contribution is -2.19. The van der Waals surface area contributed by atoms with Crippen molar-refractivity contribution >= 4 is 5.82 Å². The second kappa shape index (κ2) is 4.42. The van der Waals surface area contributed by atoms with Crippen molar-refractivity contribution in [2.45, 2.75) is 25.7 Å². The van der Waals surface area contributed by atoms with Gasteiger partial charge in [-0.25, -0.2) is 4.98 Å². The lowest BCUT2D eigenvalue weighted by Gasteiger charge is -2.18. The Morgan fingerprint density at radius 1 is 1.06 bits per heavy atom. The molecule has 1 aromatic heterocycles. The van der Waals surface area contributed by atoms with E-state index in [0.29, 0.717) is 0 Å². The first-order chi connectivity index (χ1) is 7.93. The Balaban J connectivity index is 1.88. The Bertz CT molecular complexity index is 369. The van der Waals surface area contributed by atoms with Crippen LogP contribution in [0.15, 0.2) is 12.1 Å². The molecule has 86 valence electrons. The maximum atomic E-state index is 4.84. The average Bonchev–Trinajstić information content (AvgIpc) is 2.74. The van der Waals surface area contributed by atoms with Crippen LogP contribution in [-0.2, 0) is 12.8 Å². The summed E-state index contributed by atoms with van der Waals surface area (Å²) < 4.78 is 0. The van der Waals surface area contributed by atoms with Crippen molar-refractivity contribution in [1.82, 2.24) is 10.3 Å². The van der Waals surface area contributed by atoms with E-state index in [1.54, 1.807) is 0 Å². The van der Waals surface area contributed by atoms with Crippen molar-refractivity contribution < 1.29 is 0 Å². The summed E-state index contributed by atoms with van der Waals surface area (Å²) in [6.45, 7) is 4.54. The second-order valence-electron chi connectivity index (χ2n) is 4.72. The molecule has 0 spiro atoms. The van der Waals surface area contributed by atoms with E-state index in [9.17, 15) is 0 Å². The summed E-state index contributed by atoms with van der Waals surface area (Å²) in [5, 5.41) is 3.43. The maximum Gasteiger partial charge on any atom is 0.128 e. The molecule has 0 bridgehead atoms. The first-order valence-electron chi connectivity index (χ1n) is 6.38. The zero-order valence-electron chi connectivity index (χ0n) is 9.71. The minimum absolute atomic E-state index is 1.07. The zero-order chi connectivity index (χ0) is 10.8. The monoisotopic (exact) mass is 217 g/mol. The van der Waals surface area contributed by atoms with Crippen LogP contribution in [0.1, 0.15) is 24.1 Å². The molecule has 1 aromatic rings. The minimum atomic E-state index is 1.07. The van der Waals surface area contributed by atoms with E-state index in [2.05, 4.69) is 22.3 Å². The van der Waals surface area contributed by atoms with Gasteiger partial charge in [-0.2, -0.15) is 0 Å². The fourth-order valence-corrected chi connectivity index (χ4v) is 2.64. The van der Waals surface area contributed by atoms with Crippen LogP contribution in [-0.4, -0.2) is 31.2 Å². The molecule has 3 nitrogen and oxygen atoms in total.